The quantitative estimate of drug-likeness (QED) is 0.825. The van der Waals surface area contributed by atoms with Gasteiger partial charge in [-0.25, -0.2) is 4.98 Å². The molecule has 1 aromatic carbocycles. The molecule has 0 saturated heterocycles. The topological polar surface area (TPSA) is 29.9 Å². The highest BCUT2D eigenvalue weighted by Gasteiger charge is 2.05. The van der Waals surface area contributed by atoms with Gasteiger partial charge in [-0.15, -0.1) is 0 Å². The first-order valence-electron chi connectivity index (χ1n) is 7.06. The van der Waals surface area contributed by atoms with Crippen LogP contribution < -0.4 is 5.32 Å². The Morgan fingerprint density at radius 2 is 2.05 bits per heavy atom. The molecule has 0 fully saturated rings. The van der Waals surface area contributed by atoms with Crippen molar-refractivity contribution >= 4 is 0 Å². The number of aromatic nitrogens is 2. The van der Waals surface area contributed by atoms with E-state index in [0.29, 0.717) is 5.92 Å². The summed E-state index contributed by atoms with van der Waals surface area (Å²) in [7, 11) is 0. The second-order valence-electron chi connectivity index (χ2n) is 5.02. The van der Waals surface area contributed by atoms with Crippen LogP contribution in [0.5, 0.6) is 0 Å². The van der Waals surface area contributed by atoms with Gasteiger partial charge in [-0.05, 0) is 17.9 Å². The Balaban J connectivity index is 1.81. The van der Waals surface area contributed by atoms with Crippen LogP contribution >= 0.6 is 0 Å². The molecular weight excluding hydrogens is 234 g/mol. The molecule has 19 heavy (non-hydrogen) atoms. The van der Waals surface area contributed by atoms with E-state index in [-0.39, 0.29) is 0 Å². The van der Waals surface area contributed by atoms with Crippen LogP contribution in [0.3, 0.4) is 0 Å². The molecule has 2 rings (SSSR count). The lowest BCUT2D eigenvalue weighted by molar-refractivity contribution is 0.573. The van der Waals surface area contributed by atoms with Gasteiger partial charge in [0.05, 0.1) is 12.0 Å². The summed E-state index contributed by atoms with van der Waals surface area (Å²) in [5.74, 6) is 0.531. The Morgan fingerprint density at radius 3 is 2.79 bits per heavy atom. The Morgan fingerprint density at radius 1 is 1.26 bits per heavy atom. The first-order valence-corrected chi connectivity index (χ1v) is 7.06. The zero-order valence-corrected chi connectivity index (χ0v) is 11.8. The fourth-order valence-electron chi connectivity index (χ4n) is 2.25. The average Bonchev–Trinajstić information content (AvgIpc) is 2.88. The lowest BCUT2D eigenvalue weighted by Gasteiger charge is -2.13. The van der Waals surface area contributed by atoms with Crippen LogP contribution in [0.25, 0.3) is 0 Å². The molecule has 1 heterocycles. The molecule has 2 aromatic rings. The third-order valence-electron chi connectivity index (χ3n) is 3.39. The van der Waals surface area contributed by atoms with Gasteiger partial charge in [0.15, 0.2) is 0 Å². The van der Waals surface area contributed by atoms with E-state index in [1.807, 2.05) is 12.5 Å². The van der Waals surface area contributed by atoms with Gasteiger partial charge in [0.25, 0.3) is 0 Å². The fourth-order valence-corrected chi connectivity index (χ4v) is 2.25. The van der Waals surface area contributed by atoms with Crippen molar-refractivity contribution in [3.05, 3.63) is 54.1 Å². The zero-order chi connectivity index (χ0) is 13.5. The number of rotatable bonds is 7. The third kappa shape index (κ3) is 3.93. The van der Waals surface area contributed by atoms with E-state index in [1.165, 1.54) is 11.3 Å². The SMILES string of the molecule is CCCn1cncc1CNCC(C)c1ccccc1. The minimum Gasteiger partial charge on any atom is -0.333 e. The molecule has 0 aliphatic heterocycles. The van der Waals surface area contributed by atoms with E-state index >= 15 is 0 Å². The second kappa shape index (κ2) is 7.10. The van der Waals surface area contributed by atoms with Crippen molar-refractivity contribution in [3.63, 3.8) is 0 Å². The van der Waals surface area contributed by atoms with Gasteiger partial charge in [-0.1, -0.05) is 44.2 Å². The molecule has 0 amide bonds. The summed E-state index contributed by atoms with van der Waals surface area (Å²) in [6.07, 6.45) is 5.01. The summed E-state index contributed by atoms with van der Waals surface area (Å²) in [4.78, 5) is 4.22. The summed E-state index contributed by atoms with van der Waals surface area (Å²) >= 11 is 0. The van der Waals surface area contributed by atoms with Crippen molar-refractivity contribution in [2.45, 2.75) is 39.3 Å². The van der Waals surface area contributed by atoms with Crippen molar-refractivity contribution < 1.29 is 0 Å². The van der Waals surface area contributed by atoms with Crippen LogP contribution in [0.2, 0.25) is 0 Å². The normalized spacial score (nSPS) is 12.5. The Kier molecular flexibility index (Phi) is 5.16. The first-order chi connectivity index (χ1) is 9.31. The Bertz CT molecular complexity index is 476. The van der Waals surface area contributed by atoms with Crippen LogP contribution in [0, 0.1) is 0 Å². The van der Waals surface area contributed by atoms with Crippen molar-refractivity contribution in [1.29, 1.82) is 0 Å². The molecule has 0 saturated carbocycles. The van der Waals surface area contributed by atoms with Crippen LogP contribution in [0.4, 0.5) is 0 Å². The number of nitrogens with zero attached hydrogens (tertiary/aromatic N) is 2. The standard InChI is InChI=1S/C16H23N3/c1-3-9-19-13-18-12-16(19)11-17-10-14(2)15-7-5-4-6-8-15/h4-8,12-14,17H,3,9-11H2,1-2H3. The van der Waals surface area contributed by atoms with Gasteiger partial charge in [0, 0.05) is 25.8 Å². The maximum atomic E-state index is 4.22. The van der Waals surface area contributed by atoms with E-state index in [4.69, 9.17) is 0 Å². The number of nitrogens with one attached hydrogen (secondary N) is 1. The molecule has 3 nitrogen and oxygen atoms in total. The van der Waals surface area contributed by atoms with Crippen LogP contribution in [-0.4, -0.2) is 16.1 Å². The zero-order valence-electron chi connectivity index (χ0n) is 11.8. The molecule has 0 aliphatic rings. The maximum Gasteiger partial charge on any atom is 0.0948 e. The van der Waals surface area contributed by atoms with E-state index in [2.05, 4.69) is 59.0 Å². The number of hydrogen-bond donors (Lipinski definition) is 1. The molecule has 0 bridgehead atoms. The molecule has 0 radical (unpaired) electrons. The summed E-state index contributed by atoms with van der Waals surface area (Å²) in [5.41, 5.74) is 2.65. The summed E-state index contributed by atoms with van der Waals surface area (Å²) < 4.78 is 2.22. The lowest BCUT2D eigenvalue weighted by Crippen LogP contribution is -2.21. The highest BCUT2D eigenvalue weighted by molar-refractivity contribution is 5.19. The van der Waals surface area contributed by atoms with Crippen molar-refractivity contribution in [2.75, 3.05) is 6.54 Å². The summed E-state index contributed by atoms with van der Waals surface area (Å²) in [6.45, 7) is 7.37. The predicted molar refractivity (Wildman–Crippen MR) is 79.1 cm³/mol. The van der Waals surface area contributed by atoms with Gasteiger partial charge in [-0.3, -0.25) is 0 Å². The molecular formula is C16H23N3. The summed E-state index contributed by atoms with van der Waals surface area (Å²) in [5, 5.41) is 3.52. The minimum atomic E-state index is 0.531. The van der Waals surface area contributed by atoms with E-state index in [1.54, 1.807) is 0 Å². The van der Waals surface area contributed by atoms with Gasteiger partial charge < -0.3 is 9.88 Å². The first kappa shape index (κ1) is 13.8. The molecule has 1 atom stereocenters. The molecule has 3 heteroatoms. The molecule has 1 N–H and O–H groups in total. The monoisotopic (exact) mass is 257 g/mol. The van der Waals surface area contributed by atoms with Crippen molar-refractivity contribution in [2.24, 2.45) is 0 Å². The van der Waals surface area contributed by atoms with Gasteiger partial charge in [-0.2, -0.15) is 0 Å². The number of imidazole rings is 1. The predicted octanol–water partition coefficient (Wildman–Crippen LogP) is 3.19. The van der Waals surface area contributed by atoms with E-state index in [9.17, 15) is 0 Å². The largest absolute Gasteiger partial charge is 0.333 e. The molecule has 0 spiro atoms. The summed E-state index contributed by atoms with van der Waals surface area (Å²) in [6, 6.07) is 10.6. The highest BCUT2D eigenvalue weighted by atomic mass is 15.1. The number of aryl methyl sites for hydroxylation is 1. The Hall–Kier alpha value is -1.61. The van der Waals surface area contributed by atoms with E-state index < -0.39 is 0 Å². The van der Waals surface area contributed by atoms with Gasteiger partial charge in [0.2, 0.25) is 0 Å². The smallest absolute Gasteiger partial charge is 0.0948 e. The van der Waals surface area contributed by atoms with Gasteiger partial charge in [0.1, 0.15) is 0 Å². The molecule has 1 aromatic heterocycles. The third-order valence-corrected chi connectivity index (χ3v) is 3.39. The Labute approximate surface area is 115 Å². The van der Waals surface area contributed by atoms with Crippen LogP contribution in [-0.2, 0) is 13.1 Å². The molecule has 1 unspecified atom stereocenters. The second-order valence-corrected chi connectivity index (χ2v) is 5.02. The lowest BCUT2D eigenvalue weighted by atomic mass is 10.0. The van der Waals surface area contributed by atoms with Crippen molar-refractivity contribution in [1.82, 2.24) is 14.9 Å². The van der Waals surface area contributed by atoms with Crippen LogP contribution in [0.15, 0.2) is 42.9 Å². The minimum absolute atomic E-state index is 0.531. The number of benzene rings is 1. The maximum absolute atomic E-state index is 4.22. The number of hydrogen-bond acceptors (Lipinski definition) is 2. The fraction of sp³-hybridized carbons (Fsp3) is 0.438. The van der Waals surface area contributed by atoms with Gasteiger partial charge >= 0.3 is 0 Å². The highest BCUT2D eigenvalue weighted by Crippen LogP contribution is 2.13. The van der Waals surface area contributed by atoms with Crippen molar-refractivity contribution in [3.8, 4) is 0 Å². The molecule has 0 aliphatic carbocycles. The van der Waals surface area contributed by atoms with Crippen LogP contribution in [0.1, 0.15) is 37.4 Å². The average molecular weight is 257 g/mol. The molecule has 102 valence electrons. The van der Waals surface area contributed by atoms with E-state index in [0.717, 1.165) is 26.1 Å².